The molecule has 2 fully saturated rings. The molecule has 1 aromatic rings. The van der Waals surface area contributed by atoms with Crippen LogP contribution in [0.2, 0.25) is 0 Å². The second-order valence-corrected chi connectivity index (χ2v) is 11.1. The van der Waals surface area contributed by atoms with E-state index < -0.39 is 47.3 Å². The van der Waals surface area contributed by atoms with Gasteiger partial charge < -0.3 is 9.84 Å². The molecule has 0 aromatic heterocycles. The number of halogens is 5. The third-order valence-corrected chi connectivity index (χ3v) is 9.50. The zero-order valence-corrected chi connectivity index (χ0v) is 20.6. The van der Waals surface area contributed by atoms with Crippen LogP contribution in [-0.2, 0) is 9.53 Å². The minimum Gasteiger partial charge on any atom is -0.465 e. The summed E-state index contributed by atoms with van der Waals surface area (Å²) in [6.45, 7) is 1.39. The summed E-state index contributed by atoms with van der Waals surface area (Å²) in [6.07, 6.45) is -3.05. The number of rotatable bonds is 3. The molecule has 0 saturated heterocycles. The summed E-state index contributed by atoms with van der Waals surface area (Å²) in [5, 5.41) is 11.3. The van der Waals surface area contributed by atoms with Gasteiger partial charge in [-0.1, -0.05) is 24.6 Å². The summed E-state index contributed by atoms with van der Waals surface area (Å²) in [4.78, 5) is 24.1. The summed E-state index contributed by atoms with van der Waals surface area (Å²) in [6, 6.07) is 6.44. The van der Waals surface area contributed by atoms with E-state index >= 15 is 0 Å². The van der Waals surface area contributed by atoms with Gasteiger partial charge in [0.1, 0.15) is 5.60 Å². The smallest absolute Gasteiger partial charge is 0.456 e. The molecule has 5 rings (SSSR count). The lowest BCUT2D eigenvalue weighted by atomic mass is 9.50. The van der Waals surface area contributed by atoms with Crippen molar-refractivity contribution in [1.82, 2.24) is 0 Å². The van der Waals surface area contributed by atoms with E-state index in [1.807, 2.05) is 0 Å². The van der Waals surface area contributed by atoms with Crippen LogP contribution >= 0.6 is 0 Å². The highest BCUT2D eigenvalue weighted by Crippen LogP contribution is 2.70. The van der Waals surface area contributed by atoms with Crippen LogP contribution in [0.3, 0.4) is 0 Å². The maximum atomic E-state index is 15.0. The van der Waals surface area contributed by atoms with Gasteiger partial charge in [0.2, 0.25) is 0 Å². The van der Waals surface area contributed by atoms with E-state index in [1.165, 1.54) is 14.0 Å². The lowest BCUT2D eigenvalue weighted by Crippen LogP contribution is -2.65. The molecule has 9 heteroatoms. The fraction of sp³-hybridized carbons (Fsp3) is 0.571. The van der Waals surface area contributed by atoms with Crippen LogP contribution in [0.25, 0.3) is 0 Å². The molecule has 200 valence electrons. The molecule has 4 nitrogen and oxygen atoms in total. The summed E-state index contributed by atoms with van der Waals surface area (Å²) in [5.74, 6) is -7.19. The Balaban J connectivity index is 1.67. The molecular formula is C28H29F5O4. The van der Waals surface area contributed by atoms with E-state index in [1.54, 1.807) is 30.3 Å². The lowest BCUT2D eigenvalue weighted by molar-refractivity contribution is -0.362. The molecule has 4 aliphatic rings. The van der Waals surface area contributed by atoms with Gasteiger partial charge in [-0.05, 0) is 85.3 Å². The molecule has 2 saturated carbocycles. The summed E-state index contributed by atoms with van der Waals surface area (Å²) >= 11 is 0. The molecule has 0 heterocycles. The van der Waals surface area contributed by atoms with Crippen LogP contribution in [0.4, 0.5) is 22.0 Å². The predicted molar refractivity (Wildman–Crippen MR) is 124 cm³/mol. The van der Waals surface area contributed by atoms with Crippen molar-refractivity contribution >= 4 is 11.8 Å². The van der Waals surface area contributed by atoms with Gasteiger partial charge in [0.05, 0.1) is 12.7 Å². The first kappa shape index (κ1) is 26.1. The third-order valence-electron chi connectivity index (χ3n) is 9.50. The number of esters is 1. The molecule has 1 N–H and O–H groups in total. The van der Waals surface area contributed by atoms with Gasteiger partial charge in [0, 0.05) is 17.8 Å². The standard InChI is InChI=1S/C28H29F5O4/c1-25-14-21(15-3-5-16(6-4-15)24(35)37-2)23-19-10-8-18(34)13-17(19)7-9-20(23)22(25)11-12-26(25,36)27(29,30)28(31,32)33/h3-6,13,20-22,36H,7-12,14H2,1-2H3/t20-,21+,22-,25-,26-/m0/s1. The molecule has 1 aromatic carbocycles. The van der Waals surface area contributed by atoms with Gasteiger partial charge >= 0.3 is 18.1 Å². The van der Waals surface area contributed by atoms with E-state index in [9.17, 15) is 36.6 Å². The lowest BCUT2D eigenvalue weighted by Gasteiger charge is -2.56. The number of hydrogen-bond donors (Lipinski definition) is 1. The predicted octanol–water partition coefficient (Wildman–Crippen LogP) is 6.30. The Labute approximate surface area is 211 Å². The Bertz CT molecular complexity index is 1200. The van der Waals surface area contributed by atoms with Crippen LogP contribution < -0.4 is 0 Å². The number of alkyl halides is 5. The zero-order valence-electron chi connectivity index (χ0n) is 20.6. The highest BCUT2D eigenvalue weighted by molar-refractivity contribution is 5.93. The number of ketones is 1. The first-order valence-corrected chi connectivity index (χ1v) is 12.6. The molecule has 0 radical (unpaired) electrons. The molecule has 0 amide bonds. The van der Waals surface area contributed by atoms with Gasteiger partial charge in [0.15, 0.2) is 5.78 Å². The Hall–Kier alpha value is -2.55. The maximum Gasteiger partial charge on any atom is 0.456 e. The zero-order chi connectivity index (χ0) is 27.0. The maximum absolute atomic E-state index is 15.0. The van der Waals surface area contributed by atoms with Gasteiger partial charge in [-0.3, -0.25) is 4.79 Å². The van der Waals surface area contributed by atoms with Crippen LogP contribution in [0.1, 0.15) is 73.7 Å². The first-order chi connectivity index (χ1) is 17.2. The second kappa shape index (κ2) is 8.48. The highest BCUT2D eigenvalue weighted by Gasteiger charge is 2.79. The number of aliphatic hydroxyl groups is 1. The normalized spacial score (nSPS) is 33.9. The Morgan fingerprint density at radius 2 is 1.73 bits per heavy atom. The van der Waals surface area contributed by atoms with Gasteiger partial charge in [-0.2, -0.15) is 22.0 Å². The molecular weight excluding hydrogens is 495 g/mol. The fourth-order valence-electron chi connectivity index (χ4n) is 7.68. The van der Waals surface area contributed by atoms with Crippen LogP contribution in [0, 0.1) is 17.3 Å². The number of carbonyl (C=O) groups excluding carboxylic acids is 2. The molecule has 0 unspecified atom stereocenters. The SMILES string of the molecule is COC(=O)c1ccc([C@H]2C[C@@]3(C)[C@@H](CC[C@@]3(O)C(F)(F)C(F)(F)F)[C@@H]3CCC4=CC(=O)CCC4=C32)cc1. The van der Waals surface area contributed by atoms with Crippen molar-refractivity contribution in [2.45, 2.75) is 75.5 Å². The van der Waals surface area contributed by atoms with Crippen molar-refractivity contribution in [2.24, 2.45) is 17.3 Å². The van der Waals surface area contributed by atoms with Crippen molar-refractivity contribution in [3.05, 3.63) is 58.2 Å². The van der Waals surface area contributed by atoms with Crippen molar-refractivity contribution in [3.8, 4) is 0 Å². The number of hydrogen-bond acceptors (Lipinski definition) is 4. The number of benzene rings is 1. The monoisotopic (exact) mass is 524 g/mol. The van der Waals surface area contributed by atoms with Crippen molar-refractivity contribution in [2.75, 3.05) is 7.11 Å². The van der Waals surface area contributed by atoms with Crippen molar-refractivity contribution in [1.29, 1.82) is 0 Å². The number of carbonyl (C=O) groups is 2. The number of ether oxygens (including phenoxy) is 1. The van der Waals surface area contributed by atoms with E-state index in [-0.39, 0.29) is 30.1 Å². The van der Waals surface area contributed by atoms with Gasteiger partial charge in [-0.25, -0.2) is 4.79 Å². The third kappa shape index (κ3) is 3.63. The van der Waals surface area contributed by atoms with Gasteiger partial charge in [0.25, 0.3) is 0 Å². The fourth-order valence-corrected chi connectivity index (χ4v) is 7.68. The summed E-state index contributed by atoms with van der Waals surface area (Å²) in [5.41, 5.74) is -1.11. The van der Waals surface area contributed by atoms with Crippen LogP contribution in [-0.4, -0.2) is 41.7 Å². The van der Waals surface area contributed by atoms with Crippen LogP contribution in [0.15, 0.2) is 47.1 Å². The molecule has 37 heavy (non-hydrogen) atoms. The number of allylic oxidation sites excluding steroid dienone is 4. The van der Waals surface area contributed by atoms with E-state index in [0.29, 0.717) is 31.2 Å². The van der Waals surface area contributed by atoms with E-state index in [4.69, 9.17) is 4.74 Å². The Morgan fingerprint density at radius 3 is 2.35 bits per heavy atom. The minimum atomic E-state index is -5.89. The van der Waals surface area contributed by atoms with Gasteiger partial charge in [-0.15, -0.1) is 0 Å². The Kier molecular flexibility index (Phi) is 5.98. The summed E-state index contributed by atoms with van der Waals surface area (Å²) < 4.78 is 75.6. The molecule has 4 aliphatic carbocycles. The largest absolute Gasteiger partial charge is 0.465 e. The van der Waals surface area contributed by atoms with Crippen LogP contribution in [0.5, 0.6) is 0 Å². The molecule has 5 atom stereocenters. The molecule has 0 aliphatic heterocycles. The van der Waals surface area contributed by atoms with Crippen molar-refractivity contribution < 1.29 is 41.4 Å². The molecule has 0 spiro atoms. The Morgan fingerprint density at radius 1 is 1.05 bits per heavy atom. The summed E-state index contributed by atoms with van der Waals surface area (Å²) in [7, 11) is 1.25. The molecule has 0 bridgehead atoms. The van der Waals surface area contributed by atoms with E-state index in [2.05, 4.69) is 0 Å². The number of fused-ring (bicyclic) bond motifs is 4. The average molecular weight is 525 g/mol. The van der Waals surface area contributed by atoms with E-state index in [0.717, 1.165) is 16.7 Å². The quantitative estimate of drug-likeness (QED) is 0.372. The van der Waals surface area contributed by atoms with Crippen molar-refractivity contribution in [3.63, 3.8) is 0 Å². The number of methoxy groups -OCH3 is 1. The first-order valence-electron chi connectivity index (χ1n) is 12.6. The topological polar surface area (TPSA) is 63.6 Å². The highest BCUT2D eigenvalue weighted by atomic mass is 19.4. The second-order valence-electron chi connectivity index (χ2n) is 11.1. The average Bonchev–Trinajstić information content (AvgIpc) is 3.13. The minimum absolute atomic E-state index is 0.0255.